The summed E-state index contributed by atoms with van der Waals surface area (Å²) >= 11 is 1.92. The van der Waals surface area contributed by atoms with Crippen LogP contribution < -0.4 is 0 Å². The van der Waals surface area contributed by atoms with Gasteiger partial charge in [-0.05, 0) is 60.9 Å². The SMILES string of the molecule is C=C/C=C\c1c(C)sc2c(C(C)(C)C(/C=C\C)=C(\C)C=C)c(C(C)CC)ccc12. The summed E-state index contributed by atoms with van der Waals surface area (Å²) in [5.41, 5.74) is 6.69. The van der Waals surface area contributed by atoms with Crippen LogP contribution in [-0.4, -0.2) is 0 Å². The summed E-state index contributed by atoms with van der Waals surface area (Å²) in [7, 11) is 0. The molecule has 1 heterocycles. The number of allylic oxidation sites excluding steroid dienone is 7. The highest BCUT2D eigenvalue weighted by atomic mass is 32.1. The number of hydrogen-bond donors (Lipinski definition) is 0. The number of thiophene rings is 1. The van der Waals surface area contributed by atoms with Crippen LogP contribution in [0.4, 0.5) is 0 Å². The quantitative estimate of drug-likeness (QED) is 0.384. The molecule has 0 spiro atoms. The lowest BCUT2D eigenvalue weighted by Gasteiger charge is -2.33. The first kappa shape index (κ1) is 23.2. The van der Waals surface area contributed by atoms with Crippen molar-refractivity contribution in [2.45, 2.75) is 66.2 Å². The molecule has 0 aliphatic carbocycles. The smallest absolute Gasteiger partial charge is 0.0395 e. The fourth-order valence-corrected chi connectivity index (χ4v) is 5.56. The van der Waals surface area contributed by atoms with Crippen molar-refractivity contribution in [1.82, 2.24) is 0 Å². The molecule has 1 aromatic carbocycles. The van der Waals surface area contributed by atoms with Crippen molar-refractivity contribution in [1.29, 1.82) is 0 Å². The summed E-state index contributed by atoms with van der Waals surface area (Å²) in [6.45, 7) is 23.7. The van der Waals surface area contributed by atoms with Crippen molar-refractivity contribution in [3.05, 3.63) is 88.4 Å². The molecule has 0 amide bonds. The minimum absolute atomic E-state index is 0.125. The molecule has 0 bridgehead atoms. The number of aryl methyl sites for hydroxylation is 1. The van der Waals surface area contributed by atoms with E-state index >= 15 is 0 Å². The molecule has 1 heteroatoms. The Labute approximate surface area is 182 Å². The predicted octanol–water partition coefficient (Wildman–Crippen LogP) is 9.28. The van der Waals surface area contributed by atoms with Crippen LogP contribution in [0, 0.1) is 6.92 Å². The molecule has 0 fully saturated rings. The maximum Gasteiger partial charge on any atom is 0.0395 e. The largest absolute Gasteiger partial charge is 0.140 e. The van der Waals surface area contributed by atoms with Gasteiger partial charge >= 0.3 is 0 Å². The lowest BCUT2D eigenvalue weighted by Crippen LogP contribution is -2.23. The summed E-state index contributed by atoms with van der Waals surface area (Å²) in [4.78, 5) is 1.36. The Morgan fingerprint density at radius 1 is 1.24 bits per heavy atom. The zero-order valence-electron chi connectivity index (χ0n) is 19.2. The molecule has 0 radical (unpaired) electrons. The van der Waals surface area contributed by atoms with Gasteiger partial charge in [0, 0.05) is 20.4 Å². The first-order valence-electron chi connectivity index (χ1n) is 10.6. The molecule has 0 N–H and O–H groups in total. The molecule has 0 aliphatic rings. The van der Waals surface area contributed by atoms with Gasteiger partial charge in [0.25, 0.3) is 0 Å². The number of benzene rings is 1. The van der Waals surface area contributed by atoms with Crippen molar-refractivity contribution in [3.63, 3.8) is 0 Å². The Kier molecular flexibility index (Phi) is 7.66. The molecule has 0 aliphatic heterocycles. The Morgan fingerprint density at radius 2 is 1.93 bits per heavy atom. The molecule has 29 heavy (non-hydrogen) atoms. The van der Waals surface area contributed by atoms with Crippen molar-refractivity contribution in [2.75, 3.05) is 0 Å². The van der Waals surface area contributed by atoms with Gasteiger partial charge in [0.05, 0.1) is 0 Å². The zero-order valence-corrected chi connectivity index (χ0v) is 20.0. The van der Waals surface area contributed by atoms with E-state index in [1.54, 1.807) is 0 Å². The molecule has 1 aromatic heterocycles. The molecule has 0 saturated heterocycles. The van der Waals surface area contributed by atoms with Crippen molar-refractivity contribution >= 4 is 27.5 Å². The van der Waals surface area contributed by atoms with Crippen LogP contribution in [0.3, 0.4) is 0 Å². The predicted molar refractivity (Wildman–Crippen MR) is 135 cm³/mol. The first-order chi connectivity index (χ1) is 13.7. The number of rotatable bonds is 8. The third-order valence-electron chi connectivity index (χ3n) is 6.02. The van der Waals surface area contributed by atoms with Crippen LogP contribution in [0.15, 0.2) is 66.8 Å². The highest BCUT2D eigenvalue weighted by molar-refractivity contribution is 7.19. The maximum atomic E-state index is 4.05. The van der Waals surface area contributed by atoms with E-state index in [-0.39, 0.29) is 5.41 Å². The van der Waals surface area contributed by atoms with Gasteiger partial charge in [-0.1, -0.05) is 89.4 Å². The van der Waals surface area contributed by atoms with E-state index in [9.17, 15) is 0 Å². The normalized spacial score (nSPS) is 14.6. The van der Waals surface area contributed by atoms with Crippen molar-refractivity contribution in [2.24, 2.45) is 0 Å². The van der Waals surface area contributed by atoms with Crippen molar-refractivity contribution < 1.29 is 0 Å². The van der Waals surface area contributed by atoms with Gasteiger partial charge in [0.1, 0.15) is 0 Å². The molecule has 154 valence electrons. The topological polar surface area (TPSA) is 0 Å². The van der Waals surface area contributed by atoms with Crippen LogP contribution in [0.5, 0.6) is 0 Å². The molecular weight excluding hydrogens is 368 g/mol. The van der Waals surface area contributed by atoms with E-state index in [2.05, 4.69) is 92.0 Å². The fourth-order valence-electron chi connectivity index (χ4n) is 4.20. The monoisotopic (exact) mass is 404 g/mol. The standard InChI is InChI=1S/C28H36S/c1-10-14-16-23-21(7)29-27-24(23)18-17-22(19(5)12-3)26(27)28(8,9)25(15-11-2)20(6)13-4/h10-11,13-19H,1,4,12H2,2-3,5-9H3/b15-11-,16-14-,25-20+. The van der Waals surface area contributed by atoms with Crippen LogP contribution in [0.1, 0.15) is 75.4 Å². The highest BCUT2D eigenvalue weighted by Gasteiger charge is 2.32. The van der Waals surface area contributed by atoms with Gasteiger partial charge in [-0.3, -0.25) is 0 Å². The average Bonchev–Trinajstić information content (AvgIpc) is 3.02. The second kappa shape index (κ2) is 9.59. The van der Waals surface area contributed by atoms with Gasteiger partial charge in [0.15, 0.2) is 0 Å². The molecule has 0 saturated carbocycles. The summed E-state index contributed by atoms with van der Waals surface area (Å²) in [5.74, 6) is 0.513. The lowest BCUT2D eigenvalue weighted by molar-refractivity contribution is 0.614. The van der Waals surface area contributed by atoms with Gasteiger partial charge in [-0.15, -0.1) is 11.3 Å². The number of fused-ring (bicyclic) bond motifs is 1. The molecule has 1 atom stereocenters. The Bertz CT molecular complexity index is 989. The fraction of sp³-hybridized carbons (Fsp3) is 0.357. The average molecular weight is 405 g/mol. The maximum absolute atomic E-state index is 4.05. The van der Waals surface area contributed by atoms with E-state index in [0.717, 1.165) is 6.42 Å². The summed E-state index contributed by atoms with van der Waals surface area (Å²) in [5, 5.41) is 1.34. The van der Waals surface area contributed by atoms with Gasteiger partial charge in [-0.25, -0.2) is 0 Å². The second-order valence-corrected chi connectivity index (χ2v) is 9.53. The van der Waals surface area contributed by atoms with Crippen LogP contribution in [0.2, 0.25) is 0 Å². The third kappa shape index (κ3) is 4.41. The zero-order chi connectivity index (χ0) is 21.8. The van der Waals surface area contributed by atoms with Crippen LogP contribution >= 0.6 is 11.3 Å². The van der Waals surface area contributed by atoms with E-state index in [0.29, 0.717) is 5.92 Å². The van der Waals surface area contributed by atoms with E-state index in [1.165, 1.54) is 42.8 Å². The first-order valence-corrected chi connectivity index (χ1v) is 11.4. The van der Waals surface area contributed by atoms with E-state index in [1.807, 2.05) is 29.6 Å². The Hall–Kier alpha value is -2.12. The molecule has 2 aromatic rings. The minimum Gasteiger partial charge on any atom is -0.140 e. The minimum atomic E-state index is -0.125. The highest BCUT2D eigenvalue weighted by Crippen LogP contribution is 2.46. The van der Waals surface area contributed by atoms with Crippen molar-refractivity contribution in [3.8, 4) is 0 Å². The Balaban J connectivity index is 2.99. The summed E-state index contributed by atoms with van der Waals surface area (Å²) in [6.07, 6.45) is 13.6. The van der Waals surface area contributed by atoms with Gasteiger partial charge in [-0.2, -0.15) is 0 Å². The van der Waals surface area contributed by atoms with Crippen LogP contribution in [-0.2, 0) is 5.41 Å². The summed E-state index contributed by atoms with van der Waals surface area (Å²) < 4.78 is 1.41. The molecule has 1 unspecified atom stereocenters. The Morgan fingerprint density at radius 3 is 2.48 bits per heavy atom. The summed E-state index contributed by atoms with van der Waals surface area (Å²) in [6, 6.07) is 4.68. The second-order valence-electron chi connectivity index (χ2n) is 8.31. The number of hydrogen-bond acceptors (Lipinski definition) is 1. The molecule has 2 rings (SSSR count). The third-order valence-corrected chi connectivity index (χ3v) is 7.17. The van der Waals surface area contributed by atoms with Gasteiger partial charge < -0.3 is 0 Å². The van der Waals surface area contributed by atoms with E-state index in [4.69, 9.17) is 0 Å². The van der Waals surface area contributed by atoms with Crippen LogP contribution in [0.25, 0.3) is 16.2 Å². The molecule has 0 nitrogen and oxygen atoms in total. The molecular formula is C28H36S. The lowest BCUT2D eigenvalue weighted by atomic mass is 9.71. The van der Waals surface area contributed by atoms with Gasteiger partial charge in [0.2, 0.25) is 0 Å². The van der Waals surface area contributed by atoms with E-state index < -0.39 is 0 Å².